The second-order valence-electron chi connectivity index (χ2n) is 7.24. The Morgan fingerprint density at radius 1 is 1.08 bits per heavy atom. The van der Waals surface area contributed by atoms with E-state index in [2.05, 4.69) is 4.90 Å². The van der Waals surface area contributed by atoms with Gasteiger partial charge in [-0.3, -0.25) is 4.90 Å². The Hall–Kier alpha value is -1.34. The van der Waals surface area contributed by atoms with Crippen LogP contribution >= 0.6 is 0 Å². The first-order valence-corrected chi connectivity index (χ1v) is 8.91. The fraction of sp³-hybridized carbons (Fsp3) is 0.765. The summed E-state index contributed by atoms with van der Waals surface area (Å²) in [6.45, 7) is 1.11. The number of aliphatic hydroxyl groups is 1. The van der Waals surface area contributed by atoms with Gasteiger partial charge in [-0.05, 0) is 32.1 Å². The minimum atomic E-state index is -3.02. The smallest absolute Gasteiger partial charge is 0.283 e. The highest BCUT2D eigenvalue weighted by Gasteiger charge is 2.34. The van der Waals surface area contributed by atoms with Crippen LogP contribution in [0.15, 0.2) is 0 Å². The molecule has 1 saturated heterocycles. The average molecular weight is 338 g/mol. The highest BCUT2D eigenvalue weighted by molar-refractivity contribution is 5.52. The quantitative estimate of drug-likeness (QED) is 0.884. The Morgan fingerprint density at radius 3 is 2.50 bits per heavy atom. The second-order valence-corrected chi connectivity index (χ2v) is 7.24. The molecule has 1 aliphatic heterocycles. The van der Waals surface area contributed by atoms with Crippen molar-refractivity contribution in [1.29, 1.82) is 0 Å². The first-order chi connectivity index (χ1) is 11.6. The molecule has 2 fully saturated rings. The van der Waals surface area contributed by atoms with Crippen LogP contribution in [0.2, 0.25) is 0 Å². The molecule has 24 heavy (non-hydrogen) atoms. The lowest BCUT2D eigenvalue weighted by atomic mass is 10.2. The van der Waals surface area contributed by atoms with Gasteiger partial charge in [-0.25, -0.2) is 18.7 Å². The van der Waals surface area contributed by atoms with Crippen molar-refractivity contribution >= 4 is 5.82 Å². The van der Waals surface area contributed by atoms with Crippen molar-refractivity contribution in [2.45, 2.75) is 43.9 Å². The normalized spacial score (nSPS) is 22.0. The molecule has 5 nitrogen and oxygen atoms in total. The molecule has 2 heterocycles. The Bertz CT molecular complexity index is 613. The molecular formula is C17H24F2N4O. The van der Waals surface area contributed by atoms with Crippen LogP contribution in [0.25, 0.3) is 0 Å². The maximum absolute atomic E-state index is 13.4. The van der Waals surface area contributed by atoms with E-state index in [1.165, 1.54) is 24.1 Å². The zero-order chi connectivity index (χ0) is 16.7. The number of hydrogen-bond donors (Lipinski definition) is 1. The van der Waals surface area contributed by atoms with Crippen LogP contribution in [0.5, 0.6) is 0 Å². The zero-order valence-corrected chi connectivity index (χ0v) is 13.8. The Morgan fingerprint density at radius 2 is 1.83 bits per heavy atom. The lowest BCUT2D eigenvalue weighted by Crippen LogP contribution is -2.51. The molecule has 0 unspecified atom stereocenters. The summed E-state index contributed by atoms with van der Waals surface area (Å²) in [4.78, 5) is 13.6. The van der Waals surface area contributed by atoms with Crippen LogP contribution in [0, 0.1) is 0 Å². The van der Waals surface area contributed by atoms with Gasteiger partial charge in [0.05, 0.1) is 6.54 Å². The van der Waals surface area contributed by atoms with Gasteiger partial charge < -0.3 is 10.0 Å². The molecule has 0 spiro atoms. The molecule has 1 N–H and O–H groups in total. The van der Waals surface area contributed by atoms with Crippen molar-refractivity contribution in [3.63, 3.8) is 0 Å². The molecule has 3 aliphatic rings. The summed E-state index contributed by atoms with van der Waals surface area (Å²) in [7, 11) is 0. The molecule has 132 valence electrons. The van der Waals surface area contributed by atoms with Crippen molar-refractivity contribution in [3.8, 4) is 0 Å². The molecule has 0 radical (unpaired) electrons. The summed E-state index contributed by atoms with van der Waals surface area (Å²) in [6.07, 6.45) is 5.56. The van der Waals surface area contributed by atoms with E-state index in [1.54, 1.807) is 4.90 Å². The van der Waals surface area contributed by atoms with Gasteiger partial charge in [0.15, 0.2) is 0 Å². The average Bonchev–Trinajstić information content (AvgIpc) is 3.32. The number of aliphatic hydroxyl groups excluding tert-OH is 1. The van der Waals surface area contributed by atoms with Gasteiger partial charge in [-0.1, -0.05) is 0 Å². The molecule has 0 bridgehead atoms. The Labute approximate surface area is 140 Å². The third-order valence-electron chi connectivity index (χ3n) is 5.23. The minimum Gasteiger partial charge on any atom is -0.390 e. The predicted octanol–water partition coefficient (Wildman–Crippen LogP) is 1.59. The number of aryl methyl sites for hydroxylation is 1. The van der Waals surface area contributed by atoms with Gasteiger partial charge in [0, 0.05) is 43.4 Å². The largest absolute Gasteiger partial charge is 0.390 e. The predicted molar refractivity (Wildman–Crippen MR) is 86.7 cm³/mol. The topological polar surface area (TPSA) is 52.5 Å². The number of rotatable bonds is 5. The van der Waals surface area contributed by atoms with E-state index >= 15 is 0 Å². The molecular weight excluding hydrogens is 314 g/mol. The number of nitrogens with zero attached hydrogens (tertiary/aromatic N) is 4. The van der Waals surface area contributed by atoms with E-state index in [0.717, 1.165) is 30.9 Å². The molecule has 1 aromatic rings. The van der Waals surface area contributed by atoms with Gasteiger partial charge in [-0.15, -0.1) is 0 Å². The number of piperazine rings is 1. The summed E-state index contributed by atoms with van der Waals surface area (Å²) < 4.78 is 26.7. The van der Waals surface area contributed by atoms with Crippen molar-refractivity contribution in [1.82, 2.24) is 14.9 Å². The van der Waals surface area contributed by atoms with Crippen molar-refractivity contribution in [2.24, 2.45) is 0 Å². The maximum atomic E-state index is 13.4. The Balaban J connectivity index is 1.48. The standard InChI is InChI=1S/C17H24F2N4O/c18-17(19,11-24)10-22-6-8-23(9-7-22)16-13-2-1-3-14(13)20-15(21-16)12-4-5-12/h12,24H,1-11H2. The third kappa shape index (κ3) is 3.24. The summed E-state index contributed by atoms with van der Waals surface area (Å²) in [5.74, 6) is -0.454. The molecule has 0 atom stereocenters. The van der Waals surface area contributed by atoms with Crippen molar-refractivity contribution in [3.05, 3.63) is 17.1 Å². The van der Waals surface area contributed by atoms with E-state index in [4.69, 9.17) is 15.1 Å². The van der Waals surface area contributed by atoms with E-state index in [0.29, 0.717) is 32.1 Å². The first kappa shape index (κ1) is 16.1. The fourth-order valence-electron chi connectivity index (χ4n) is 3.71. The van der Waals surface area contributed by atoms with Gasteiger partial charge >= 0.3 is 0 Å². The molecule has 0 amide bonds. The van der Waals surface area contributed by atoms with Crippen LogP contribution in [0.4, 0.5) is 14.6 Å². The van der Waals surface area contributed by atoms with Crippen LogP contribution in [0.1, 0.15) is 42.3 Å². The summed E-state index contributed by atoms with van der Waals surface area (Å²) in [5, 5.41) is 8.74. The molecule has 2 aliphatic carbocycles. The molecule has 4 rings (SSSR count). The van der Waals surface area contributed by atoms with Gasteiger partial charge in [0.2, 0.25) is 0 Å². The highest BCUT2D eigenvalue weighted by atomic mass is 19.3. The number of anilines is 1. The molecule has 7 heteroatoms. The highest BCUT2D eigenvalue weighted by Crippen LogP contribution is 2.40. The molecule has 1 aromatic heterocycles. The monoisotopic (exact) mass is 338 g/mol. The third-order valence-corrected chi connectivity index (χ3v) is 5.23. The van der Waals surface area contributed by atoms with Crippen molar-refractivity contribution in [2.75, 3.05) is 44.2 Å². The van der Waals surface area contributed by atoms with Crippen molar-refractivity contribution < 1.29 is 13.9 Å². The van der Waals surface area contributed by atoms with Crippen LogP contribution in [0.3, 0.4) is 0 Å². The fourth-order valence-corrected chi connectivity index (χ4v) is 3.71. The number of alkyl halides is 2. The van der Waals surface area contributed by atoms with E-state index < -0.39 is 12.5 Å². The van der Waals surface area contributed by atoms with Crippen LogP contribution in [-0.4, -0.2) is 65.2 Å². The number of halogens is 2. The summed E-state index contributed by atoms with van der Waals surface area (Å²) in [6, 6.07) is 0. The maximum Gasteiger partial charge on any atom is 0.283 e. The van der Waals surface area contributed by atoms with Crippen LogP contribution < -0.4 is 4.90 Å². The summed E-state index contributed by atoms with van der Waals surface area (Å²) >= 11 is 0. The number of hydrogen-bond acceptors (Lipinski definition) is 5. The van der Waals surface area contributed by atoms with Crippen LogP contribution in [-0.2, 0) is 12.8 Å². The zero-order valence-electron chi connectivity index (χ0n) is 13.8. The van der Waals surface area contributed by atoms with Gasteiger partial charge in [-0.2, -0.15) is 0 Å². The second kappa shape index (κ2) is 6.19. The van der Waals surface area contributed by atoms with E-state index in [-0.39, 0.29) is 6.54 Å². The molecule has 1 saturated carbocycles. The van der Waals surface area contributed by atoms with E-state index in [9.17, 15) is 8.78 Å². The van der Waals surface area contributed by atoms with Gasteiger partial charge in [0.1, 0.15) is 18.2 Å². The minimum absolute atomic E-state index is 0.369. The number of aromatic nitrogens is 2. The lowest BCUT2D eigenvalue weighted by molar-refractivity contribution is -0.0733. The summed E-state index contributed by atoms with van der Waals surface area (Å²) in [5.41, 5.74) is 2.48. The number of fused-ring (bicyclic) bond motifs is 1. The first-order valence-electron chi connectivity index (χ1n) is 8.91. The SMILES string of the molecule is OCC(F)(F)CN1CCN(c2nc(C3CC3)nc3c2CCC3)CC1. The lowest BCUT2D eigenvalue weighted by Gasteiger charge is -2.37. The molecule has 0 aromatic carbocycles. The van der Waals surface area contributed by atoms with E-state index in [1.807, 2.05) is 0 Å². The Kier molecular flexibility index (Phi) is 4.16. The van der Waals surface area contributed by atoms with Gasteiger partial charge in [0.25, 0.3) is 5.92 Å².